The molecule has 0 aliphatic carbocycles. The van der Waals surface area contributed by atoms with Crippen LogP contribution < -0.4 is 10.1 Å². The molecule has 22 heavy (non-hydrogen) atoms. The van der Waals surface area contributed by atoms with E-state index in [1.165, 1.54) is 6.42 Å². The number of hydrogen-bond acceptors (Lipinski definition) is 3. The molecule has 122 valence electrons. The Morgan fingerprint density at radius 1 is 1.50 bits per heavy atom. The first-order valence-electron chi connectivity index (χ1n) is 8.02. The van der Waals surface area contributed by atoms with Crippen LogP contribution in [0.2, 0.25) is 5.02 Å². The lowest BCUT2D eigenvalue weighted by Gasteiger charge is -2.33. The molecule has 1 N–H and O–H groups in total. The van der Waals surface area contributed by atoms with Crippen molar-refractivity contribution in [1.82, 2.24) is 10.2 Å². The van der Waals surface area contributed by atoms with E-state index in [1.54, 1.807) is 18.2 Å². The van der Waals surface area contributed by atoms with Crippen molar-refractivity contribution in [3.05, 3.63) is 28.8 Å². The molecule has 0 bridgehead atoms. The van der Waals surface area contributed by atoms with Crippen LogP contribution in [0.25, 0.3) is 0 Å². The van der Waals surface area contributed by atoms with Gasteiger partial charge in [-0.15, -0.1) is 0 Å². The summed E-state index contributed by atoms with van der Waals surface area (Å²) in [5.41, 5.74) is 0.575. The molecule has 1 heterocycles. The number of likely N-dealkylation sites (tertiary alicyclic amines) is 1. The molecule has 2 rings (SSSR count). The fourth-order valence-corrected chi connectivity index (χ4v) is 3.05. The van der Waals surface area contributed by atoms with Crippen molar-refractivity contribution < 1.29 is 9.53 Å². The third-order valence-electron chi connectivity index (χ3n) is 3.93. The summed E-state index contributed by atoms with van der Waals surface area (Å²) in [4.78, 5) is 14.8. The molecule has 1 aromatic carbocycles. The summed E-state index contributed by atoms with van der Waals surface area (Å²) < 4.78 is 5.71. The van der Waals surface area contributed by atoms with Gasteiger partial charge in [0.25, 0.3) is 5.91 Å². The number of amides is 1. The van der Waals surface area contributed by atoms with E-state index in [1.807, 2.05) is 18.9 Å². The third-order valence-corrected chi connectivity index (χ3v) is 4.17. The fourth-order valence-electron chi connectivity index (χ4n) is 2.88. The molecule has 1 amide bonds. The topological polar surface area (TPSA) is 41.6 Å². The van der Waals surface area contributed by atoms with Crippen molar-refractivity contribution >= 4 is 17.5 Å². The largest absolute Gasteiger partial charge is 0.493 e. The minimum Gasteiger partial charge on any atom is -0.493 e. The van der Waals surface area contributed by atoms with Gasteiger partial charge in [-0.1, -0.05) is 18.5 Å². The Balaban J connectivity index is 2.15. The Labute approximate surface area is 137 Å². The number of nitrogens with one attached hydrogen (secondary N) is 1. The molecule has 1 fully saturated rings. The molecule has 5 heteroatoms. The van der Waals surface area contributed by atoms with Gasteiger partial charge in [0.2, 0.25) is 0 Å². The standard InChI is InChI=1S/C17H25ClN2O2/c1-3-9-22-16-7-6-14(18)10-15(16)17(21)20-8-4-5-13(12-20)11-19-2/h6-7,10,13,19H,3-5,8-9,11-12H2,1-2H3. The Kier molecular flexibility index (Phi) is 6.52. The number of carbonyl (C=O) groups is 1. The third kappa shape index (κ3) is 4.37. The number of piperidine rings is 1. The van der Waals surface area contributed by atoms with Gasteiger partial charge in [0, 0.05) is 18.1 Å². The highest BCUT2D eigenvalue weighted by Gasteiger charge is 2.26. The zero-order valence-electron chi connectivity index (χ0n) is 13.4. The quantitative estimate of drug-likeness (QED) is 0.873. The summed E-state index contributed by atoms with van der Waals surface area (Å²) in [6.45, 7) is 5.19. The highest BCUT2D eigenvalue weighted by molar-refractivity contribution is 6.31. The number of benzene rings is 1. The molecule has 1 saturated heterocycles. The van der Waals surface area contributed by atoms with Crippen LogP contribution in [0.1, 0.15) is 36.5 Å². The Hall–Kier alpha value is -1.26. The fraction of sp³-hybridized carbons (Fsp3) is 0.588. The Morgan fingerprint density at radius 2 is 2.32 bits per heavy atom. The second kappa shape index (κ2) is 8.39. The molecule has 4 nitrogen and oxygen atoms in total. The van der Waals surface area contributed by atoms with Crippen LogP contribution in [0, 0.1) is 5.92 Å². The van der Waals surface area contributed by atoms with Gasteiger partial charge in [0.1, 0.15) is 5.75 Å². The number of hydrogen-bond donors (Lipinski definition) is 1. The van der Waals surface area contributed by atoms with E-state index in [4.69, 9.17) is 16.3 Å². The van der Waals surface area contributed by atoms with Crippen molar-refractivity contribution in [2.45, 2.75) is 26.2 Å². The molecule has 1 unspecified atom stereocenters. The average molecular weight is 325 g/mol. The molecular formula is C17H25ClN2O2. The number of nitrogens with zero attached hydrogens (tertiary/aromatic N) is 1. The van der Waals surface area contributed by atoms with Gasteiger partial charge in [-0.25, -0.2) is 0 Å². The van der Waals surface area contributed by atoms with Gasteiger partial charge in [-0.3, -0.25) is 4.79 Å². The van der Waals surface area contributed by atoms with Crippen LogP contribution >= 0.6 is 11.6 Å². The first-order valence-corrected chi connectivity index (χ1v) is 8.39. The van der Waals surface area contributed by atoms with E-state index in [0.29, 0.717) is 28.9 Å². The summed E-state index contributed by atoms with van der Waals surface area (Å²) in [6.07, 6.45) is 3.12. The molecule has 1 aliphatic rings. The molecule has 0 aromatic heterocycles. The van der Waals surface area contributed by atoms with Gasteiger partial charge in [0.15, 0.2) is 0 Å². The lowest BCUT2D eigenvalue weighted by atomic mass is 9.97. The van der Waals surface area contributed by atoms with Gasteiger partial charge in [-0.05, 0) is 57.0 Å². The summed E-state index contributed by atoms with van der Waals surface area (Å²) in [6, 6.07) is 5.28. The number of carbonyl (C=O) groups excluding carboxylic acids is 1. The lowest BCUT2D eigenvalue weighted by Crippen LogP contribution is -2.42. The predicted molar refractivity (Wildman–Crippen MR) is 89.8 cm³/mol. The highest BCUT2D eigenvalue weighted by Crippen LogP contribution is 2.26. The molecule has 0 radical (unpaired) electrons. The van der Waals surface area contributed by atoms with Crippen molar-refractivity contribution in [2.75, 3.05) is 33.3 Å². The summed E-state index contributed by atoms with van der Waals surface area (Å²) in [7, 11) is 1.95. The van der Waals surface area contributed by atoms with E-state index >= 15 is 0 Å². The van der Waals surface area contributed by atoms with Crippen LogP contribution in [0.5, 0.6) is 5.75 Å². The lowest BCUT2D eigenvalue weighted by molar-refractivity contribution is 0.0670. The second-order valence-electron chi connectivity index (χ2n) is 5.81. The zero-order chi connectivity index (χ0) is 15.9. The van der Waals surface area contributed by atoms with Crippen LogP contribution in [-0.4, -0.2) is 44.1 Å². The van der Waals surface area contributed by atoms with E-state index in [2.05, 4.69) is 5.32 Å². The maximum atomic E-state index is 12.9. The van der Waals surface area contributed by atoms with Gasteiger partial charge < -0.3 is 15.0 Å². The van der Waals surface area contributed by atoms with Crippen molar-refractivity contribution in [3.63, 3.8) is 0 Å². The number of ether oxygens (including phenoxy) is 1. The van der Waals surface area contributed by atoms with Gasteiger partial charge in [-0.2, -0.15) is 0 Å². The minimum atomic E-state index is 0.0226. The SMILES string of the molecule is CCCOc1ccc(Cl)cc1C(=O)N1CCCC(CNC)C1. The minimum absolute atomic E-state index is 0.0226. The molecule has 1 aromatic rings. The normalized spacial score (nSPS) is 18.3. The first-order chi connectivity index (χ1) is 10.7. The average Bonchev–Trinajstić information content (AvgIpc) is 2.53. The highest BCUT2D eigenvalue weighted by atomic mass is 35.5. The summed E-state index contributed by atoms with van der Waals surface area (Å²) in [5.74, 6) is 1.17. The van der Waals surface area contributed by atoms with Gasteiger partial charge in [0.05, 0.1) is 12.2 Å². The van der Waals surface area contributed by atoms with Gasteiger partial charge >= 0.3 is 0 Å². The van der Waals surface area contributed by atoms with E-state index in [9.17, 15) is 4.79 Å². The van der Waals surface area contributed by atoms with E-state index < -0.39 is 0 Å². The molecule has 1 atom stereocenters. The predicted octanol–water partition coefficient (Wildman–Crippen LogP) is 3.20. The second-order valence-corrected chi connectivity index (χ2v) is 6.24. The maximum Gasteiger partial charge on any atom is 0.257 e. The Morgan fingerprint density at radius 3 is 3.05 bits per heavy atom. The van der Waals surface area contributed by atoms with E-state index in [0.717, 1.165) is 32.5 Å². The number of halogens is 1. The van der Waals surface area contributed by atoms with Crippen molar-refractivity contribution in [2.24, 2.45) is 5.92 Å². The summed E-state index contributed by atoms with van der Waals surface area (Å²) >= 11 is 6.08. The monoisotopic (exact) mass is 324 g/mol. The molecule has 0 spiro atoms. The maximum absolute atomic E-state index is 12.9. The zero-order valence-corrected chi connectivity index (χ0v) is 14.2. The van der Waals surface area contributed by atoms with E-state index in [-0.39, 0.29) is 5.91 Å². The van der Waals surface area contributed by atoms with Crippen LogP contribution in [0.15, 0.2) is 18.2 Å². The van der Waals surface area contributed by atoms with Crippen LogP contribution in [0.4, 0.5) is 0 Å². The molecule has 1 aliphatic heterocycles. The number of rotatable bonds is 6. The van der Waals surface area contributed by atoms with Crippen molar-refractivity contribution in [3.8, 4) is 5.75 Å². The van der Waals surface area contributed by atoms with Crippen LogP contribution in [0.3, 0.4) is 0 Å². The molecular weight excluding hydrogens is 300 g/mol. The smallest absolute Gasteiger partial charge is 0.257 e. The molecule has 0 saturated carbocycles. The summed E-state index contributed by atoms with van der Waals surface area (Å²) in [5, 5.41) is 3.77. The first kappa shape index (κ1) is 17.1. The van der Waals surface area contributed by atoms with Crippen molar-refractivity contribution in [1.29, 1.82) is 0 Å². The van der Waals surface area contributed by atoms with Crippen LogP contribution in [-0.2, 0) is 0 Å². The Bertz CT molecular complexity index is 505.